The largest absolute Gasteiger partial charge is 0.462 e. The zero-order valence-corrected chi connectivity index (χ0v) is 28.4. The zero-order chi connectivity index (χ0) is 33.1. The van der Waals surface area contributed by atoms with Crippen LogP contribution in [0.4, 0.5) is 0 Å². The molecule has 1 rings (SSSR count). The molecule has 0 amide bonds. The lowest BCUT2D eigenvalue weighted by atomic mass is 9.99. The standard InChI is InChI=1S/C35H66O10/c1-3-5-7-9-10-11-12-13-14-15-16-17-18-20-22-24-31(38)44-28(26-42-30(37)23-21-19-8-6-4-2)27-43-35-34(41)33(40)32(39)29(25-36)45-35/h28-29,32-36,39-41H,3-27H2,1-2H3/t28-,29-,32+,33+,34-,35-/m1/s1. The van der Waals surface area contributed by atoms with Crippen LogP contribution < -0.4 is 0 Å². The van der Waals surface area contributed by atoms with Gasteiger partial charge in [-0.2, -0.15) is 0 Å². The lowest BCUT2D eigenvalue weighted by molar-refractivity contribution is -0.305. The Labute approximate surface area is 272 Å². The fourth-order valence-electron chi connectivity index (χ4n) is 5.54. The Hall–Kier alpha value is -1.30. The van der Waals surface area contributed by atoms with Crippen molar-refractivity contribution in [3.05, 3.63) is 0 Å². The maximum Gasteiger partial charge on any atom is 0.306 e. The molecule has 10 nitrogen and oxygen atoms in total. The zero-order valence-electron chi connectivity index (χ0n) is 28.4. The van der Waals surface area contributed by atoms with E-state index in [1.54, 1.807) is 0 Å². The molecule has 0 aromatic carbocycles. The summed E-state index contributed by atoms with van der Waals surface area (Å²) in [5.41, 5.74) is 0. The topological polar surface area (TPSA) is 152 Å². The van der Waals surface area contributed by atoms with Crippen molar-refractivity contribution in [2.75, 3.05) is 19.8 Å². The van der Waals surface area contributed by atoms with Gasteiger partial charge in [0.15, 0.2) is 12.4 Å². The van der Waals surface area contributed by atoms with Crippen LogP contribution in [0.2, 0.25) is 0 Å². The summed E-state index contributed by atoms with van der Waals surface area (Å²) in [7, 11) is 0. The minimum Gasteiger partial charge on any atom is -0.462 e. The summed E-state index contributed by atoms with van der Waals surface area (Å²) in [6.07, 6.45) is 15.9. The fourth-order valence-corrected chi connectivity index (χ4v) is 5.54. The summed E-state index contributed by atoms with van der Waals surface area (Å²) in [4.78, 5) is 24.9. The third kappa shape index (κ3) is 20.5. The summed E-state index contributed by atoms with van der Waals surface area (Å²) < 4.78 is 21.9. The summed E-state index contributed by atoms with van der Waals surface area (Å²) in [5.74, 6) is -0.814. The Morgan fingerprint density at radius 2 is 1.04 bits per heavy atom. The molecule has 6 atom stereocenters. The minimum absolute atomic E-state index is 0.212. The van der Waals surface area contributed by atoms with Gasteiger partial charge in [-0.1, -0.05) is 129 Å². The van der Waals surface area contributed by atoms with Gasteiger partial charge in [-0.15, -0.1) is 0 Å². The molecule has 1 heterocycles. The Bertz CT molecular complexity index is 719. The minimum atomic E-state index is -1.59. The van der Waals surface area contributed by atoms with Crippen molar-refractivity contribution in [3.63, 3.8) is 0 Å². The van der Waals surface area contributed by atoms with Crippen molar-refractivity contribution < 1.29 is 49.0 Å². The predicted octanol–water partition coefficient (Wildman–Crippen LogP) is 5.88. The molecular weight excluding hydrogens is 580 g/mol. The second kappa shape index (κ2) is 27.8. The van der Waals surface area contributed by atoms with E-state index in [9.17, 15) is 30.0 Å². The normalized spacial score (nSPS) is 22.3. The predicted molar refractivity (Wildman–Crippen MR) is 173 cm³/mol. The van der Waals surface area contributed by atoms with Crippen molar-refractivity contribution in [2.45, 2.75) is 192 Å². The van der Waals surface area contributed by atoms with Gasteiger partial charge in [-0.25, -0.2) is 0 Å². The molecule has 0 aliphatic carbocycles. The van der Waals surface area contributed by atoms with Gasteiger partial charge in [0, 0.05) is 12.8 Å². The number of hydrogen-bond acceptors (Lipinski definition) is 10. The second-order valence-electron chi connectivity index (χ2n) is 12.7. The van der Waals surface area contributed by atoms with Crippen LogP contribution in [0.25, 0.3) is 0 Å². The summed E-state index contributed by atoms with van der Waals surface area (Å²) >= 11 is 0. The summed E-state index contributed by atoms with van der Waals surface area (Å²) in [6.45, 7) is 3.31. The van der Waals surface area contributed by atoms with E-state index in [-0.39, 0.29) is 32.0 Å². The number of rotatable bonds is 29. The van der Waals surface area contributed by atoms with E-state index in [0.717, 1.165) is 51.4 Å². The maximum absolute atomic E-state index is 12.6. The number of carbonyl (C=O) groups is 2. The smallest absolute Gasteiger partial charge is 0.306 e. The molecule has 1 saturated heterocycles. The van der Waals surface area contributed by atoms with Crippen LogP contribution in [-0.4, -0.2) is 89.0 Å². The van der Waals surface area contributed by atoms with Crippen LogP contribution in [-0.2, 0) is 28.5 Å². The highest BCUT2D eigenvalue weighted by Gasteiger charge is 2.44. The van der Waals surface area contributed by atoms with E-state index in [1.807, 2.05) is 0 Å². The Morgan fingerprint density at radius 1 is 0.600 bits per heavy atom. The molecule has 0 aromatic heterocycles. The maximum atomic E-state index is 12.6. The highest BCUT2D eigenvalue weighted by Crippen LogP contribution is 2.22. The molecule has 1 aliphatic heterocycles. The molecule has 0 aromatic rings. The van der Waals surface area contributed by atoms with Gasteiger partial charge in [0.2, 0.25) is 0 Å². The lowest BCUT2D eigenvalue weighted by Gasteiger charge is -2.39. The number of esters is 2. The van der Waals surface area contributed by atoms with Gasteiger partial charge in [0.1, 0.15) is 31.0 Å². The Balaban J connectivity index is 2.35. The van der Waals surface area contributed by atoms with Crippen molar-refractivity contribution >= 4 is 11.9 Å². The Morgan fingerprint density at radius 3 is 1.51 bits per heavy atom. The lowest BCUT2D eigenvalue weighted by Crippen LogP contribution is -2.59. The van der Waals surface area contributed by atoms with Crippen molar-refractivity contribution in [3.8, 4) is 0 Å². The molecule has 45 heavy (non-hydrogen) atoms. The number of carbonyl (C=O) groups excluding carboxylic acids is 2. The van der Waals surface area contributed by atoms with Gasteiger partial charge in [0.25, 0.3) is 0 Å². The summed E-state index contributed by atoms with van der Waals surface area (Å²) in [6, 6.07) is 0. The molecule has 0 radical (unpaired) electrons. The first kappa shape index (κ1) is 41.7. The van der Waals surface area contributed by atoms with Crippen LogP contribution >= 0.6 is 0 Å². The van der Waals surface area contributed by atoms with E-state index in [1.165, 1.54) is 70.6 Å². The van der Waals surface area contributed by atoms with E-state index in [4.69, 9.17) is 18.9 Å². The molecule has 0 saturated carbocycles. The molecule has 1 aliphatic rings. The van der Waals surface area contributed by atoms with E-state index in [2.05, 4.69) is 13.8 Å². The molecule has 0 unspecified atom stereocenters. The van der Waals surface area contributed by atoms with E-state index in [0.29, 0.717) is 6.42 Å². The molecule has 0 spiro atoms. The first-order valence-corrected chi connectivity index (χ1v) is 18.1. The fraction of sp³-hybridized carbons (Fsp3) is 0.943. The molecule has 1 fully saturated rings. The SMILES string of the molecule is CCCCCCCCCCCCCCCCCC(=O)O[C@H](COC(=O)CCCCCCC)CO[C@@H]1O[C@H](CO)[C@H](O)[C@H](O)[C@H]1O. The van der Waals surface area contributed by atoms with Gasteiger partial charge in [0.05, 0.1) is 13.2 Å². The van der Waals surface area contributed by atoms with Gasteiger partial charge >= 0.3 is 11.9 Å². The monoisotopic (exact) mass is 646 g/mol. The molecular formula is C35H66O10. The number of aliphatic hydroxyl groups excluding tert-OH is 4. The number of ether oxygens (including phenoxy) is 4. The van der Waals surface area contributed by atoms with Crippen molar-refractivity contribution in [1.29, 1.82) is 0 Å². The van der Waals surface area contributed by atoms with Crippen LogP contribution in [0.5, 0.6) is 0 Å². The van der Waals surface area contributed by atoms with E-state index >= 15 is 0 Å². The van der Waals surface area contributed by atoms with Crippen molar-refractivity contribution in [1.82, 2.24) is 0 Å². The third-order valence-electron chi connectivity index (χ3n) is 8.49. The molecule has 266 valence electrons. The quantitative estimate of drug-likeness (QED) is 0.0573. The average molecular weight is 647 g/mol. The van der Waals surface area contributed by atoms with Gasteiger partial charge in [-0.05, 0) is 12.8 Å². The van der Waals surface area contributed by atoms with Crippen LogP contribution in [0, 0.1) is 0 Å². The highest BCUT2D eigenvalue weighted by atomic mass is 16.7. The van der Waals surface area contributed by atoms with Crippen LogP contribution in [0.3, 0.4) is 0 Å². The molecule has 0 bridgehead atoms. The second-order valence-corrected chi connectivity index (χ2v) is 12.7. The molecule has 4 N–H and O–H groups in total. The van der Waals surface area contributed by atoms with Crippen LogP contribution in [0.15, 0.2) is 0 Å². The number of hydrogen-bond donors (Lipinski definition) is 4. The number of unbranched alkanes of at least 4 members (excludes halogenated alkanes) is 18. The highest BCUT2D eigenvalue weighted by molar-refractivity contribution is 5.70. The first-order valence-electron chi connectivity index (χ1n) is 18.1. The summed E-state index contributed by atoms with van der Waals surface area (Å²) in [5, 5.41) is 39.7. The number of aliphatic hydroxyl groups is 4. The molecule has 10 heteroatoms. The Kier molecular flexibility index (Phi) is 25.8. The first-order chi connectivity index (χ1) is 21.8. The van der Waals surface area contributed by atoms with Crippen LogP contribution in [0.1, 0.15) is 155 Å². The van der Waals surface area contributed by atoms with Crippen molar-refractivity contribution in [2.24, 2.45) is 0 Å². The van der Waals surface area contributed by atoms with E-state index < -0.39 is 49.4 Å². The van der Waals surface area contributed by atoms with Gasteiger partial charge in [-0.3, -0.25) is 9.59 Å². The average Bonchev–Trinajstić information content (AvgIpc) is 3.03. The third-order valence-corrected chi connectivity index (χ3v) is 8.49. The van der Waals surface area contributed by atoms with Gasteiger partial charge < -0.3 is 39.4 Å².